The fourth-order valence-electron chi connectivity index (χ4n) is 4.28. The van der Waals surface area contributed by atoms with Gasteiger partial charge in [0.1, 0.15) is 16.9 Å². The highest BCUT2D eigenvalue weighted by atomic mass is 16.5. The van der Waals surface area contributed by atoms with Crippen molar-refractivity contribution >= 4 is 17.5 Å². The Morgan fingerprint density at radius 1 is 1.14 bits per heavy atom. The molecule has 2 aliphatic rings. The van der Waals surface area contributed by atoms with Crippen LogP contribution in [0.25, 0.3) is 0 Å². The molecule has 3 N–H and O–H groups in total. The maximum atomic E-state index is 13.0. The van der Waals surface area contributed by atoms with E-state index in [1.165, 1.54) is 38.3 Å². The monoisotopic (exact) mass is 382 g/mol. The number of esters is 1. The number of aliphatic hydroxyl groups excluding tert-OH is 1. The number of rotatable bonds is 1. The fraction of sp³-hybridized carbons (Fsp3) is 0.286. The van der Waals surface area contributed by atoms with E-state index in [1.54, 1.807) is 0 Å². The summed E-state index contributed by atoms with van der Waals surface area (Å²) >= 11 is 0. The van der Waals surface area contributed by atoms with Gasteiger partial charge in [-0.1, -0.05) is 12.1 Å². The van der Waals surface area contributed by atoms with Gasteiger partial charge in [-0.15, -0.1) is 0 Å². The van der Waals surface area contributed by atoms with Crippen LogP contribution < -0.4 is 0 Å². The van der Waals surface area contributed by atoms with E-state index in [9.17, 15) is 29.7 Å². The summed E-state index contributed by atoms with van der Waals surface area (Å²) in [7, 11) is 1.19. The van der Waals surface area contributed by atoms with Crippen LogP contribution in [0, 0.1) is 0 Å². The predicted molar refractivity (Wildman–Crippen MR) is 96.8 cm³/mol. The Hall–Kier alpha value is -3.19. The quantitative estimate of drug-likeness (QED) is 0.547. The second-order valence-corrected chi connectivity index (χ2v) is 7.28. The highest BCUT2D eigenvalue weighted by molar-refractivity contribution is 6.30. The normalized spacial score (nSPS) is 22.9. The molecule has 2 aliphatic carbocycles. The van der Waals surface area contributed by atoms with Crippen molar-refractivity contribution in [3.05, 3.63) is 57.6 Å². The topological polar surface area (TPSA) is 121 Å². The van der Waals surface area contributed by atoms with Crippen molar-refractivity contribution in [3.8, 4) is 11.5 Å². The van der Waals surface area contributed by atoms with E-state index in [0.717, 1.165) is 0 Å². The maximum Gasteiger partial charge on any atom is 0.318 e. The second-order valence-electron chi connectivity index (χ2n) is 7.28. The summed E-state index contributed by atoms with van der Waals surface area (Å²) in [6.07, 6.45) is -0.678. The molecule has 0 saturated carbocycles. The number of hydrogen-bond donors (Lipinski definition) is 3. The molecule has 2 atom stereocenters. The predicted octanol–water partition coefficient (Wildman–Crippen LogP) is 1.61. The minimum Gasteiger partial charge on any atom is -0.507 e. The van der Waals surface area contributed by atoms with E-state index in [1.807, 2.05) is 0 Å². The van der Waals surface area contributed by atoms with Gasteiger partial charge in [-0.3, -0.25) is 14.4 Å². The van der Waals surface area contributed by atoms with Crippen LogP contribution >= 0.6 is 0 Å². The van der Waals surface area contributed by atoms with Crippen molar-refractivity contribution in [1.29, 1.82) is 0 Å². The molecular weight excluding hydrogens is 364 g/mol. The van der Waals surface area contributed by atoms with Crippen LogP contribution in [0.1, 0.15) is 56.3 Å². The van der Waals surface area contributed by atoms with Gasteiger partial charge in [-0.25, -0.2) is 0 Å². The zero-order chi connectivity index (χ0) is 20.4. The van der Waals surface area contributed by atoms with Gasteiger partial charge in [-0.2, -0.15) is 0 Å². The summed E-state index contributed by atoms with van der Waals surface area (Å²) in [4.78, 5) is 38.5. The van der Waals surface area contributed by atoms with Gasteiger partial charge in [0.2, 0.25) is 5.78 Å². The number of ketones is 2. The van der Waals surface area contributed by atoms with Crippen molar-refractivity contribution in [2.45, 2.75) is 31.3 Å². The van der Waals surface area contributed by atoms with Crippen molar-refractivity contribution in [1.82, 2.24) is 0 Å². The molecule has 0 heterocycles. The van der Waals surface area contributed by atoms with Gasteiger partial charge in [0, 0.05) is 11.1 Å². The summed E-state index contributed by atoms with van der Waals surface area (Å²) in [5.41, 5.74) is -1.30. The summed E-state index contributed by atoms with van der Waals surface area (Å²) in [6.45, 7) is 1.49. The third kappa shape index (κ3) is 2.10. The van der Waals surface area contributed by atoms with Crippen LogP contribution in [0.15, 0.2) is 24.3 Å². The van der Waals surface area contributed by atoms with Gasteiger partial charge < -0.3 is 20.1 Å². The number of ether oxygens (including phenoxy) is 1. The van der Waals surface area contributed by atoms with Gasteiger partial charge in [0.25, 0.3) is 0 Å². The summed E-state index contributed by atoms with van der Waals surface area (Å²) in [6, 6.07) is 5.56. The standard InChI is InChI=1S/C21H18O7/c1-21(20(27)28-2)12-8-11-16(18(25)9(12)6-7-14(21)23)19(26)15-10(17(11)24)4-3-5-13(15)22/h3-5,8,14,22-23,25H,6-7H2,1-2H3/t14-,21?/m0/s1. The molecule has 0 fully saturated rings. The van der Waals surface area contributed by atoms with Crippen LogP contribution in [-0.2, 0) is 21.4 Å². The second kappa shape index (κ2) is 5.90. The Morgan fingerprint density at radius 3 is 2.54 bits per heavy atom. The Labute approximate surface area is 160 Å². The lowest BCUT2D eigenvalue weighted by Gasteiger charge is -2.39. The van der Waals surface area contributed by atoms with E-state index in [4.69, 9.17) is 4.74 Å². The molecule has 2 aromatic rings. The number of phenols is 2. The molecule has 1 unspecified atom stereocenters. The van der Waals surface area contributed by atoms with Crippen LogP contribution in [0.5, 0.6) is 11.5 Å². The summed E-state index contributed by atoms with van der Waals surface area (Å²) < 4.78 is 4.86. The summed E-state index contributed by atoms with van der Waals surface area (Å²) in [5.74, 6) is -2.65. The first-order chi connectivity index (χ1) is 13.2. The van der Waals surface area contributed by atoms with Crippen molar-refractivity contribution in [2.24, 2.45) is 0 Å². The molecular formula is C21H18O7. The van der Waals surface area contributed by atoms with Crippen molar-refractivity contribution in [2.75, 3.05) is 7.11 Å². The van der Waals surface area contributed by atoms with Crippen LogP contribution in [-0.4, -0.2) is 46.1 Å². The van der Waals surface area contributed by atoms with Crippen LogP contribution in [0.3, 0.4) is 0 Å². The number of phenolic OH excluding ortho intramolecular Hbond substituents is 2. The largest absolute Gasteiger partial charge is 0.507 e. The third-order valence-electron chi connectivity index (χ3n) is 5.89. The number of benzene rings is 2. The minimum atomic E-state index is -1.49. The Morgan fingerprint density at radius 2 is 1.86 bits per heavy atom. The zero-order valence-electron chi connectivity index (χ0n) is 15.3. The average Bonchev–Trinajstić information content (AvgIpc) is 2.68. The van der Waals surface area contributed by atoms with Gasteiger partial charge in [0.15, 0.2) is 5.78 Å². The Bertz CT molecular complexity index is 1070. The first-order valence-electron chi connectivity index (χ1n) is 8.80. The third-order valence-corrected chi connectivity index (χ3v) is 5.89. The minimum absolute atomic E-state index is 0.0213. The van der Waals surface area contributed by atoms with E-state index in [-0.39, 0.29) is 46.4 Å². The first-order valence-corrected chi connectivity index (χ1v) is 8.80. The molecule has 0 radical (unpaired) electrons. The van der Waals surface area contributed by atoms with Crippen molar-refractivity contribution < 1.29 is 34.4 Å². The number of aliphatic hydroxyl groups is 1. The number of carbonyl (C=O) groups is 3. The SMILES string of the molecule is COC(=O)C1(C)c2cc3c(c(O)c2CC[C@@H]1O)C(=O)c1c(O)cccc1C3=O. The molecule has 2 aromatic carbocycles. The molecule has 0 bridgehead atoms. The lowest BCUT2D eigenvalue weighted by atomic mass is 9.67. The maximum absolute atomic E-state index is 13.0. The average molecular weight is 382 g/mol. The number of carbonyl (C=O) groups excluding carboxylic acids is 3. The number of fused-ring (bicyclic) bond motifs is 3. The van der Waals surface area contributed by atoms with Gasteiger partial charge in [-0.05, 0) is 43.0 Å². The van der Waals surface area contributed by atoms with E-state index in [2.05, 4.69) is 0 Å². The Balaban J connectivity index is 2.04. The molecule has 7 nitrogen and oxygen atoms in total. The number of hydrogen-bond acceptors (Lipinski definition) is 7. The van der Waals surface area contributed by atoms with Gasteiger partial charge >= 0.3 is 5.97 Å². The van der Waals surface area contributed by atoms with E-state index < -0.39 is 34.8 Å². The molecule has 0 aromatic heterocycles. The lowest BCUT2D eigenvalue weighted by molar-refractivity contribution is -0.152. The van der Waals surface area contributed by atoms with Gasteiger partial charge in [0.05, 0.1) is 24.3 Å². The lowest BCUT2D eigenvalue weighted by Crippen LogP contribution is -2.48. The fourth-order valence-corrected chi connectivity index (χ4v) is 4.28. The van der Waals surface area contributed by atoms with Crippen LogP contribution in [0.4, 0.5) is 0 Å². The molecule has 144 valence electrons. The summed E-state index contributed by atoms with van der Waals surface area (Å²) in [5, 5.41) is 31.5. The highest BCUT2D eigenvalue weighted by Gasteiger charge is 2.49. The molecule has 28 heavy (non-hydrogen) atoms. The van der Waals surface area contributed by atoms with Crippen LogP contribution in [0.2, 0.25) is 0 Å². The molecule has 0 amide bonds. The molecule has 4 rings (SSSR count). The molecule has 0 aliphatic heterocycles. The molecule has 0 saturated heterocycles. The van der Waals surface area contributed by atoms with E-state index >= 15 is 0 Å². The highest BCUT2D eigenvalue weighted by Crippen LogP contribution is 2.46. The Kier molecular flexibility index (Phi) is 3.83. The van der Waals surface area contributed by atoms with E-state index in [0.29, 0.717) is 5.56 Å². The molecule has 7 heteroatoms. The number of aromatic hydroxyl groups is 2. The number of methoxy groups -OCH3 is 1. The zero-order valence-corrected chi connectivity index (χ0v) is 15.3. The smallest absolute Gasteiger partial charge is 0.318 e. The molecule has 0 spiro atoms. The first kappa shape index (κ1) is 18.2. The van der Waals surface area contributed by atoms with Crippen molar-refractivity contribution in [3.63, 3.8) is 0 Å².